The van der Waals surface area contributed by atoms with Gasteiger partial charge in [-0.25, -0.2) is 13.1 Å². The largest absolute Gasteiger partial charge is 0.368 e. The molecular formula is C26H28N2O2S. The number of sulfonamides is 1. The van der Waals surface area contributed by atoms with Gasteiger partial charge in [0.1, 0.15) is 0 Å². The monoisotopic (exact) mass is 432 g/mol. The molecule has 2 unspecified atom stereocenters. The van der Waals surface area contributed by atoms with Gasteiger partial charge in [0.25, 0.3) is 0 Å². The molecule has 1 heterocycles. The second kappa shape index (κ2) is 8.48. The highest BCUT2D eigenvalue weighted by Crippen LogP contribution is 2.34. The molecule has 1 aliphatic heterocycles. The van der Waals surface area contributed by atoms with E-state index in [1.807, 2.05) is 42.5 Å². The molecule has 5 heteroatoms. The van der Waals surface area contributed by atoms with Gasteiger partial charge < -0.3 is 4.90 Å². The molecule has 5 rings (SSSR count). The van der Waals surface area contributed by atoms with Crippen molar-refractivity contribution in [3.8, 4) is 11.1 Å². The van der Waals surface area contributed by atoms with Crippen LogP contribution in [0, 0.1) is 0 Å². The number of nitrogens with zero attached hydrogens (tertiary/aromatic N) is 1. The minimum atomic E-state index is -3.53. The van der Waals surface area contributed by atoms with Crippen molar-refractivity contribution < 1.29 is 8.42 Å². The summed E-state index contributed by atoms with van der Waals surface area (Å²) < 4.78 is 29.1. The molecule has 2 aliphatic rings. The first-order valence-electron chi connectivity index (χ1n) is 11.1. The van der Waals surface area contributed by atoms with Crippen molar-refractivity contribution in [3.05, 3.63) is 84.4 Å². The number of fused-ring (bicyclic) bond motifs is 1. The molecule has 1 N–H and O–H groups in total. The van der Waals surface area contributed by atoms with E-state index < -0.39 is 10.0 Å². The van der Waals surface area contributed by atoms with Crippen LogP contribution in [0.2, 0.25) is 0 Å². The Morgan fingerprint density at radius 2 is 1.52 bits per heavy atom. The summed E-state index contributed by atoms with van der Waals surface area (Å²) in [5.41, 5.74) is 4.83. The number of rotatable bonds is 5. The van der Waals surface area contributed by atoms with Gasteiger partial charge in [-0.1, -0.05) is 60.7 Å². The molecule has 1 fully saturated rings. The molecule has 31 heavy (non-hydrogen) atoms. The summed E-state index contributed by atoms with van der Waals surface area (Å²) in [5, 5.41) is 0. The van der Waals surface area contributed by atoms with Crippen LogP contribution in [0.25, 0.3) is 11.1 Å². The summed E-state index contributed by atoms with van der Waals surface area (Å²) in [7, 11) is -3.53. The van der Waals surface area contributed by atoms with Crippen molar-refractivity contribution >= 4 is 15.7 Å². The normalized spacial score (nSPS) is 21.1. The van der Waals surface area contributed by atoms with Crippen molar-refractivity contribution in [1.82, 2.24) is 4.72 Å². The topological polar surface area (TPSA) is 49.4 Å². The SMILES string of the molecule is O=S(=O)(NC1CCCC(N2CCc3ccccc32)C1)c1ccc(-c2ccccc2)cc1. The Kier molecular flexibility index (Phi) is 5.55. The zero-order chi connectivity index (χ0) is 21.3. The maximum Gasteiger partial charge on any atom is 0.240 e. The molecule has 0 bridgehead atoms. The number of nitrogens with one attached hydrogen (secondary N) is 1. The molecule has 0 spiro atoms. The molecule has 3 aromatic rings. The summed E-state index contributed by atoms with van der Waals surface area (Å²) in [6, 6.07) is 26.2. The Morgan fingerprint density at radius 1 is 0.806 bits per heavy atom. The fourth-order valence-corrected chi connectivity index (χ4v) is 6.33. The van der Waals surface area contributed by atoms with Crippen molar-refractivity contribution in [3.63, 3.8) is 0 Å². The highest BCUT2D eigenvalue weighted by molar-refractivity contribution is 7.89. The van der Waals surface area contributed by atoms with Crippen LogP contribution in [-0.4, -0.2) is 27.0 Å². The van der Waals surface area contributed by atoms with E-state index in [2.05, 4.69) is 33.9 Å². The molecule has 0 saturated heterocycles. The third-order valence-corrected chi connectivity index (χ3v) is 8.14. The van der Waals surface area contributed by atoms with E-state index in [1.54, 1.807) is 12.1 Å². The third-order valence-electron chi connectivity index (χ3n) is 6.60. The molecule has 0 radical (unpaired) electrons. The lowest BCUT2D eigenvalue weighted by molar-refractivity contribution is 0.358. The van der Waals surface area contributed by atoms with E-state index in [1.165, 1.54) is 11.3 Å². The summed E-state index contributed by atoms with van der Waals surface area (Å²) in [6.45, 7) is 1.03. The van der Waals surface area contributed by atoms with Crippen molar-refractivity contribution in [2.24, 2.45) is 0 Å². The van der Waals surface area contributed by atoms with Gasteiger partial charge in [0.05, 0.1) is 4.90 Å². The van der Waals surface area contributed by atoms with Gasteiger partial charge >= 0.3 is 0 Å². The smallest absolute Gasteiger partial charge is 0.240 e. The van der Waals surface area contributed by atoms with Crippen molar-refractivity contribution in [1.29, 1.82) is 0 Å². The first-order valence-corrected chi connectivity index (χ1v) is 12.6. The van der Waals surface area contributed by atoms with E-state index in [-0.39, 0.29) is 6.04 Å². The van der Waals surface area contributed by atoms with E-state index in [0.717, 1.165) is 49.8 Å². The van der Waals surface area contributed by atoms with Crippen molar-refractivity contribution in [2.45, 2.75) is 49.1 Å². The van der Waals surface area contributed by atoms with Gasteiger partial charge in [-0.3, -0.25) is 0 Å². The van der Waals surface area contributed by atoms with Crippen LogP contribution in [0.3, 0.4) is 0 Å². The fraction of sp³-hybridized carbons (Fsp3) is 0.308. The van der Waals surface area contributed by atoms with Crippen LogP contribution in [0.15, 0.2) is 83.8 Å². The van der Waals surface area contributed by atoms with Gasteiger partial charge in [-0.05, 0) is 67.0 Å². The maximum atomic E-state index is 13.0. The molecule has 0 amide bonds. The molecular weight excluding hydrogens is 404 g/mol. The minimum absolute atomic E-state index is 0.0229. The number of hydrogen-bond donors (Lipinski definition) is 1. The Labute approximate surface area is 185 Å². The van der Waals surface area contributed by atoms with Gasteiger partial charge in [0, 0.05) is 24.3 Å². The average Bonchev–Trinajstić information content (AvgIpc) is 3.24. The minimum Gasteiger partial charge on any atom is -0.368 e. The molecule has 1 aliphatic carbocycles. The number of para-hydroxylation sites is 1. The Morgan fingerprint density at radius 3 is 2.32 bits per heavy atom. The summed E-state index contributed by atoms with van der Waals surface area (Å²) in [6.07, 6.45) is 5.00. The zero-order valence-corrected chi connectivity index (χ0v) is 18.4. The third kappa shape index (κ3) is 4.25. The molecule has 2 atom stereocenters. The van der Waals surface area contributed by atoms with Crippen LogP contribution in [0.1, 0.15) is 31.2 Å². The van der Waals surface area contributed by atoms with Crippen LogP contribution in [0.5, 0.6) is 0 Å². The maximum absolute atomic E-state index is 13.0. The lowest BCUT2D eigenvalue weighted by Crippen LogP contribution is -2.45. The predicted octanol–water partition coefficient (Wildman–Crippen LogP) is 5.01. The number of hydrogen-bond acceptors (Lipinski definition) is 3. The van der Waals surface area contributed by atoms with Crippen LogP contribution >= 0.6 is 0 Å². The Balaban J connectivity index is 1.28. The molecule has 1 saturated carbocycles. The van der Waals surface area contributed by atoms with Gasteiger partial charge in [0.2, 0.25) is 10.0 Å². The molecule has 0 aromatic heterocycles. The lowest BCUT2D eigenvalue weighted by Gasteiger charge is -2.37. The van der Waals surface area contributed by atoms with Crippen LogP contribution in [-0.2, 0) is 16.4 Å². The van der Waals surface area contributed by atoms with E-state index in [0.29, 0.717) is 10.9 Å². The number of anilines is 1. The van der Waals surface area contributed by atoms with Gasteiger partial charge in [-0.15, -0.1) is 0 Å². The Hall–Kier alpha value is -2.63. The summed E-state index contributed by atoms with van der Waals surface area (Å²) in [4.78, 5) is 2.82. The molecule has 3 aromatic carbocycles. The van der Waals surface area contributed by atoms with Crippen LogP contribution in [0.4, 0.5) is 5.69 Å². The second-order valence-electron chi connectivity index (χ2n) is 8.60. The highest BCUT2D eigenvalue weighted by Gasteiger charge is 2.32. The lowest BCUT2D eigenvalue weighted by atomic mass is 9.90. The first-order chi connectivity index (χ1) is 15.1. The number of benzene rings is 3. The fourth-order valence-electron chi connectivity index (χ4n) is 5.04. The molecule has 4 nitrogen and oxygen atoms in total. The summed E-state index contributed by atoms with van der Waals surface area (Å²) in [5.74, 6) is 0. The van der Waals surface area contributed by atoms with E-state index in [4.69, 9.17) is 0 Å². The second-order valence-corrected chi connectivity index (χ2v) is 10.3. The first kappa shape index (κ1) is 20.3. The van der Waals surface area contributed by atoms with E-state index in [9.17, 15) is 8.42 Å². The van der Waals surface area contributed by atoms with E-state index >= 15 is 0 Å². The Bertz CT molecular complexity index is 1140. The van der Waals surface area contributed by atoms with Crippen LogP contribution < -0.4 is 9.62 Å². The highest BCUT2D eigenvalue weighted by atomic mass is 32.2. The van der Waals surface area contributed by atoms with Gasteiger partial charge in [0.15, 0.2) is 0 Å². The summed E-state index contributed by atoms with van der Waals surface area (Å²) >= 11 is 0. The average molecular weight is 433 g/mol. The zero-order valence-electron chi connectivity index (χ0n) is 17.6. The van der Waals surface area contributed by atoms with Gasteiger partial charge in [-0.2, -0.15) is 0 Å². The predicted molar refractivity (Wildman–Crippen MR) is 126 cm³/mol. The standard InChI is InChI=1S/C26H28N2O2S/c29-31(30,25-15-13-21(14-16-25)20-7-2-1-3-8-20)27-23-10-6-11-24(19-23)28-18-17-22-9-4-5-12-26(22)28/h1-5,7-9,12-16,23-24,27H,6,10-11,17-19H2. The quantitative estimate of drug-likeness (QED) is 0.617. The molecule has 160 valence electrons. The van der Waals surface area contributed by atoms with Crippen molar-refractivity contribution in [2.75, 3.05) is 11.4 Å².